The van der Waals surface area contributed by atoms with E-state index >= 15 is 0 Å². The maximum atomic E-state index is 12.3. The summed E-state index contributed by atoms with van der Waals surface area (Å²) in [5.41, 5.74) is 1.86. The van der Waals surface area contributed by atoms with Gasteiger partial charge in [-0.25, -0.2) is 4.79 Å². The Morgan fingerprint density at radius 2 is 1.91 bits per heavy atom. The van der Waals surface area contributed by atoms with Crippen LogP contribution in [0.3, 0.4) is 0 Å². The van der Waals surface area contributed by atoms with Gasteiger partial charge in [0.15, 0.2) is 5.78 Å². The largest absolute Gasteiger partial charge is 0.478 e. The van der Waals surface area contributed by atoms with Gasteiger partial charge in [0.2, 0.25) is 0 Å². The van der Waals surface area contributed by atoms with Crippen molar-refractivity contribution in [3.63, 3.8) is 0 Å². The normalized spacial score (nSPS) is 11.4. The van der Waals surface area contributed by atoms with Crippen molar-refractivity contribution < 1.29 is 14.7 Å². The number of aryl methyl sites for hydroxylation is 1. The Morgan fingerprint density at radius 1 is 1.18 bits per heavy atom. The number of carboxylic acids is 1. The molecule has 0 bridgehead atoms. The highest BCUT2D eigenvalue weighted by molar-refractivity contribution is 7.10. The van der Waals surface area contributed by atoms with Crippen molar-refractivity contribution in [2.24, 2.45) is 0 Å². The van der Waals surface area contributed by atoms with Gasteiger partial charge in [-0.3, -0.25) is 4.79 Å². The lowest BCUT2D eigenvalue weighted by atomic mass is 10.0. The van der Waals surface area contributed by atoms with Gasteiger partial charge in [0, 0.05) is 22.4 Å². The third kappa shape index (κ3) is 4.40. The van der Waals surface area contributed by atoms with Crippen molar-refractivity contribution in [2.45, 2.75) is 26.2 Å². The predicted octanol–water partition coefficient (Wildman–Crippen LogP) is 4.44. The quantitative estimate of drug-likeness (QED) is 0.607. The molecule has 0 atom stereocenters. The maximum Gasteiger partial charge on any atom is 0.332 e. The third-order valence-corrected chi connectivity index (χ3v) is 4.12. The van der Waals surface area contributed by atoms with E-state index in [1.165, 1.54) is 16.9 Å². The molecule has 4 heteroatoms. The SMILES string of the molecule is CCCc1ccc(C(=O)CC(=Cc2cccs2)C(=O)O)cc1. The molecule has 2 rings (SSSR count). The molecule has 1 N–H and O–H groups in total. The number of carboxylic acid groups (broad SMARTS) is 1. The monoisotopic (exact) mass is 314 g/mol. The van der Waals surface area contributed by atoms with Crippen LogP contribution in [0.5, 0.6) is 0 Å². The zero-order chi connectivity index (χ0) is 15.9. The van der Waals surface area contributed by atoms with E-state index in [4.69, 9.17) is 0 Å². The van der Waals surface area contributed by atoms with Crippen LogP contribution in [0, 0.1) is 0 Å². The summed E-state index contributed by atoms with van der Waals surface area (Å²) in [5.74, 6) is -1.22. The van der Waals surface area contributed by atoms with Crippen LogP contribution in [-0.4, -0.2) is 16.9 Å². The Morgan fingerprint density at radius 3 is 2.45 bits per heavy atom. The number of rotatable bonds is 7. The van der Waals surface area contributed by atoms with E-state index in [2.05, 4.69) is 6.92 Å². The van der Waals surface area contributed by atoms with Gasteiger partial charge in [-0.05, 0) is 29.5 Å². The molecule has 3 nitrogen and oxygen atoms in total. The Labute approximate surface area is 133 Å². The van der Waals surface area contributed by atoms with E-state index in [9.17, 15) is 14.7 Å². The molecule has 1 aromatic heterocycles. The van der Waals surface area contributed by atoms with Gasteiger partial charge in [0.25, 0.3) is 0 Å². The summed E-state index contributed by atoms with van der Waals surface area (Å²) in [7, 11) is 0. The fourth-order valence-corrected chi connectivity index (χ4v) is 2.84. The lowest BCUT2D eigenvalue weighted by molar-refractivity contribution is -0.132. The molecule has 0 radical (unpaired) electrons. The first-order valence-electron chi connectivity index (χ1n) is 7.19. The molecule has 2 aromatic rings. The lowest BCUT2D eigenvalue weighted by Gasteiger charge is -2.04. The van der Waals surface area contributed by atoms with Crippen LogP contribution in [0.15, 0.2) is 47.4 Å². The van der Waals surface area contributed by atoms with Crippen molar-refractivity contribution in [2.75, 3.05) is 0 Å². The van der Waals surface area contributed by atoms with Gasteiger partial charge in [-0.1, -0.05) is 43.7 Å². The fraction of sp³-hybridized carbons (Fsp3) is 0.222. The highest BCUT2D eigenvalue weighted by atomic mass is 32.1. The first-order valence-corrected chi connectivity index (χ1v) is 8.07. The number of ketones is 1. The second-order valence-corrected chi connectivity index (χ2v) is 6.02. The number of benzene rings is 1. The van der Waals surface area contributed by atoms with Crippen molar-refractivity contribution in [3.8, 4) is 0 Å². The van der Waals surface area contributed by atoms with E-state index in [-0.39, 0.29) is 17.8 Å². The molecule has 1 heterocycles. The number of Topliss-reactive ketones (excluding diaryl/α,β-unsaturated/α-hetero) is 1. The van der Waals surface area contributed by atoms with Gasteiger partial charge in [0.1, 0.15) is 0 Å². The smallest absolute Gasteiger partial charge is 0.332 e. The van der Waals surface area contributed by atoms with Crippen LogP contribution in [0.25, 0.3) is 6.08 Å². The highest BCUT2D eigenvalue weighted by Gasteiger charge is 2.15. The van der Waals surface area contributed by atoms with Crippen molar-refractivity contribution >= 4 is 29.2 Å². The molecule has 22 heavy (non-hydrogen) atoms. The molecule has 0 unspecified atom stereocenters. The van der Waals surface area contributed by atoms with E-state index in [1.54, 1.807) is 18.2 Å². The summed E-state index contributed by atoms with van der Waals surface area (Å²) in [6.45, 7) is 2.10. The first-order chi connectivity index (χ1) is 10.6. The molecule has 0 aliphatic carbocycles. The molecule has 1 aromatic carbocycles. The second-order valence-electron chi connectivity index (χ2n) is 5.04. The zero-order valence-electron chi connectivity index (χ0n) is 12.4. The minimum Gasteiger partial charge on any atom is -0.478 e. The zero-order valence-corrected chi connectivity index (χ0v) is 13.2. The summed E-state index contributed by atoms with van der Waals surface area (Å²) in [6.07, 6.45) is 3.50. The Balaban J connectivity index is 2.13. The summed E-state index contributed by atoms with van der Waals surface area (Å²) < 4.78 is 0. The van der Waals surface area contributed by atoms with E-state index in [0.29, 0.717) is 5.56 Å². The van der Waals surface area contributed by atoms with Gasteiger partial charge < -0.3 is 5.11 Å². The number of carbonyl (C=O) groups excluding carboxylic acids is 1. The maximum absolute atomic E-state index is 12.3. The number of carbonyl (C=O) groups is 2. The van der Waals surface area contributed by atoms with Crippen LogP contribution in [-0.2, 0) is 11.2 Å². The van der Waals surface area contributed by atoms with Crippen LogP contribution < -0.4 is 0 Å². The summed E-state index contributed by atoms with van der Waals surface area (Å²) in [4.78, 5) is 24.4. The second kappa shape index (κ2) is 7.71. The average molecular weight is 314 g/mol. The molecule has 0 saturated carbocycles. The van der Waals surface area contributed by atoms with Crippen molar-refractivity contribution in [1.82, 2.24) is 0 Å². The standard InChI is InChI=1S/C18H18O3S/c1-2-4-13-6-8-14(9-7-13)17(19)12-15(18(20)21)11-16-5-3-10-22-16/h3,5-11H,2,4,12H2,1H3,(H,20,21). The third-order valence-electron chi connectivity index (χ3n) is 3.30. The topological polar surface area (TPSA) is 54.4 Å². The van der Waals surface area contributed by atoms with E-state index in [1.807, 2.05) is 29.6 Å². The van der Waals surface area contributed by atoms with Crippen LogP contribution >= 0.6 is 11.3 Å². The van der Waals surface area contributed by atoms with Gasteiger partial charge >= 0.3 is 5.97 Å². The van der Waals surface area contributed by atoms with Gasteiger partial charge in [-0.15, -0.1) is 11.3 Å². The lowest BCUT2D eigenvalue weighted by Crippen LogP contribution is -2.08. The minimum absolute atomic E-state index is 0.0969. The predicted molar refractivity (Wildman–Crippen MR) is 89.3 cm³/mol. The minimum atomic E-state index is -1.05. The van der Waals surface area contributed by atoms with E-state index < -0.39 is 5.97 Å². The van der Waals surface area contributed by atoms with Gasteiger partial charge in [-0.2, -0.15) is 0 Å². The molecule has 0 fully saturated rings. The Bertz CT molecular complexity index is 667. The molecule has 0 aliphatic rings. The van der Waals surface area contributed by atoms with Crippen LogP contribution in [0.1, 0.15) is 40.6 Å². The molecule has 0 saturated heterocycles. The summed E-state index contributed by atoms with van der Waals surface area (Å²) in [6, 6.07) is 11.1. The van der Waals surface area contributed by atoms with Crippen LogP contribution in [0.2, 0.25) is 0 Å². The molecule has 114 valence electrons. The van der Waals surface area contributed by atoms with Crippen molar-refractivity contribution in [1.29, 1.82) is 0 Å². The van der Waals surface area contributed by atoms with Gasteiger partial charge in [0.05, 0.1) is 0 Å². The summed E-state index contributed by atoms with van der Waals surface area (Å²) in [5, 5.41) is 11.1. The van der Waals surface area contributed by atoms with E-state index in [0.717, 1.165) is 17.7 Å². The Hall–Kier alpha value is -2.20. The first kappa shape index (κ1) is 16.2. The van der Waals surface area contributed by atoms with Crippen molar-refractivity contribution in [3.05, 3.63) is 63.4 Å². The molecule has 0 spiro atoms. The number of hydrogen-bond acceptors (Lipinski definition) is 3. The Kier molecular flexibility index (Phi) is 5.67. The number of thiophene rings is 1. The summed E-state index contributed by atoms with van der Waals surface area (Å²) >= 11 is 1.45. The fourth-order valence-electron chi connectivity index (χ4n) is 2.15. The number of hydrogen-bond donors (Lipinski definition) is 1. The molecule has 0 aliphatic heterocycles. The number of aliphatic carboxylic acids is 1. The molecular weight excluding hydrogens is 296 g/mol. The van der Waals surface area contributed by atoms with Crippen LogP contribution in [0.4, 0.5) is 0 Å². The molecule has 0 amide bonds. The molecular formula is C18H18O3S. The average Bonchev–Trinajstić information content (AvgIpc) is 3.00. The highest BCUT2D eigenvalue weighted by Crippen LogP contribution is 2.18.